The topological polar surface area (TPSA) is 61.8 Å². The number of thioether (sulfide) groups is 1. The van der Waals surface area contributed by atoms with Gasteiger partial charge in [0.15, 0.2) is 5.17 Å². The molecule has 0 saturated carbocycles. The molecule has 2 aromatic rings. The molecule has 1 saturated heterocycles. The Morgan fingerprint density at radius 1 is 1.18 bits per heavy atom. The number of hydrogen-bond acceptors (Lipinski definition) is 4. The van der Waals surface area contributed by atoms with Crippen LogP contribution in [0.1, 0.15) is 30.9 Å². The maximum absolute atomic E-state index is 12.8. The Bertz CT molecular complexity index is 896. The van der Waals surface area contributed by atoms with Crippen LogP contribution in [0, 0.1) is 13.8 Å². The number of rotatable bonds is 6. The highest BCUT2D eigenvalue weighted by Crippen LogP contribution is 2.32. The highest BCUT2D eigenvalue weighted by molar-refractivity contribution is 8.15. The molecule has 6 heteroatoms. The van der Waals surface area contributed by atoms with Crippen LogP contribution in [0.2, 0.25) is 0 Å². The molecule has 5 nitrogen and oxygen atoms in total. The van der Waals surface area contributed by atoms with Gasteiger partial charge < -0.3 is 5.32 Å². The van der Waals surface area contributed by atoms with E-state index in [2.05, 4.69) is 10.3 Å². The minimum atomic E-state index is -0.445. The molecule has 1 N–H and O–H groups in total. The monoisotopic (exact) mass is 395 g/mol. The number of benzene rings is 2. The van der Waals surface area contributed by atoms with Gasteiger partial charge in [0.25, 0.3) is 0 Å². The molecule has 0 spiro atoms. The van der Waals surface area contributed by atoms with Crippen LogP contribution >= 0.6 is 11.8 Å². The van der Waals surface area contributed by atoms with Crippen molar-refractivity contribution in [3.05, 3.63) is 59.7 Å². The van der Waals surface area contributed by atoms with Crippen LogP contribution in [0.3, 0.4) is 0 Å². The van der Waals surface area contributed by atoms with Crippen molar-refractivity contribution in [1.82, 2.24) is 4.90 Å². The summed E-state index contributed by atoms with van der Waals surface area (Å²) in [6, 6.07) is 15.5. The van der Waals surface area contributed by atoms with Crippen LogP contribution in [-0.4, -0.2) is 33.7 Å². The SMILES string of the molecule is CCCN1C(=O)[C@H](CC(=O)Nc2cc(C)ccc2C)SC1=Nc1ccccc1. The fourth-order valence-electron chi connectivity index (χ4n) is 3.01. The van der Waals surface area contributed by atoms with Crippen LogP contribution in [0.15, 0.2) is 53.5 Å². The van der Waals surface area contributed by atoms with Crippen molar-refractivity contribution >= 4 is 40.1 Å². The number of carbonyl (C=O) groups is 2. The van der Waals surface area contributed by atoms with E-state index in [1.165, 1.54) is 11.8 Å². The Morgan fingerprint density at radius 2 is 1.93 bits per heavy atom. The number of carbonyl (C=O) groups excluding carboxylic acids is 2. The zero-order valence-electron chi connectivity index (χ0n) is 16.4. The second-order valence-corrected chi connectivity index (χ2v) is 8.07. The quantitative estimate of drug-likeness (QED) is 0.773. The molecule has 0 radical (unpaired) electrons. The highest BCUT2D eigenvalue weighted by Gasteiger charge is 2.38. The molecule has 0 aliphatic carbocycles. The number of anilines is 1. The van der Waals surface area contributed by atoms with Gasteiger partial charge in [-0.05, 0) is 49.6 Å². The summed E-state index contributed by atoms with van der Waals surface area (Å²) < 4.78 is 0. The molecule has 0 bridgehead atoms. The molecule has 0 aromatic heterocycles. The maximum atomic E-state index is 12.8. The van der Waals surface area contributed by atoms with E-state index in [0.717, 1.165) is 28.9 Å². The van der Waals surface area contributed by atoms with Crippen molar-refractivity contribution < 1.29 is 9.59 Å². The predicted molar refractivity (Wildman–Crippen MR) is 116 cm³/mol. The van der Waals surface area contributed by atoms with E-state index in [0.29, 0.717) is 11.7 Å². The zero-order chi connectivity index (χ0) is 20.1. The third-order valence-electron chi connectivity index (χ3n) is 4.49. The summed E-state index contributed by atoms with van der Waals surface area (Å²) in [5.74, 6) is -0.199. The zero-order valence-corrected chi connectivity index (χ0v) is 17.3. The normalized spacial score (nSPS) is 18.0. The lowest BCUT2D eigenvalue weighted by atomic mass is 10.1. The Kier molecular flexibility index (Phi) is 6.52. The van der Waals surface area contributed by atoms with Crippen LogP contribution < -0.4 is 5.32 Å². The second kappa shape index (κ2) is 9.06. The van der Waals surface area contributed by atoms with Gasteiger partial charge in [-0.15, -0.1) is 0 Å². The van der Waals surface area contributed by atoms with Crippen molar-refractivity contribution in [2.24, 2.45) is 4.99 Å². The van der Waals surface area contributed by atoms with E-state index in [-0.39, 0.29) is 18.2 Å². The molecule has 28 heavy (non-hydrogen) atoms. The Labute approximate surface area is 170 Å². The van der Waals surface area contributed by atoms with Gasteiger partial charge in [-0.25, -0.2) is 4.99 Å². The Balaban J connectivity index is 1.73. The van der Waals surface area contributed by atoms with Crippen LogP contribution in [0.5, 0.6) is 0 Å². The van der Waals surface area contributed by atoms with Crippen molar-refractivity contribution in [3.63, 3.8) is 0 Å². The van der Waals surface area contributed by atoms with Gasteiger partial charge in [0, 0.05) is 18.7 Å². The first-order valence-corrected chi connectivity index (χ1v) is 10.3. The summed E-state index contributed by atoms with van der Waals surface area (Å²) >= 11 is 1.37. The number of amidine groups is 1. The average Bonchev–Trinajstić information content (AvgIpc) is 2.94. The van der Waals surface area contributed by atoms with Crippen LogP contribution in [0.4, 0.5) is 11.4 Å². The van der Waals surface area contributed by atoms with E-state index in [1.807, 2.05) is 69.3 Å². The molecule has 1 heterocycles. The predicted octanol–water partition coefficient (Wildman–Crippen LogP) is 4.67. The first-order chi connectivity index (χ1) is 13.5. The van der Waals surface area contributed by atoms with E-state index < -0.39 is 5.25 Å². The van der Waals surface area contributed by atoms with E-state index in [9.17, 15) is 9.59 Å². The molecular weight excluding hydrogens is 370 g/mol. The van der Waals surface area contributed by atoms with Crippen molar-refractivity contribution in [2.75, 3.05) is 11.9 Å². The second-order valence-electron chi connectivity index (χ2n) is 6.90. The van der Waals surface area contributed by atoms with E-state index in [1.54, 1.807) is 4.90 Å². The minimum Gasteiger partial charge on any atom is -0.326 e. The number of amides is 2. The van der Waals surface area contributed by atoms with Gasteiger partial charge in [0.2, 0.25) is 11.8 Å². The summed E-state index contributed by atoms with van der Waals surface area (Å²) in [7, 11) is 0. The van der Waals surface area contributed by atoms with Gasteiger partial charge >= 0.3 is 0 Å². The largest absolute Gasteiger partial charge is 0.326 e. The maximum Gasteiger partial charge on any atom is 0.242 e. The molecule has 1 aliphatic heterocycles. The van der Waals surface area contributed by atoms with Gasteiger partial charge in [-0.2, -0.15) is 0 Å². The summed E-state index contributed by atoms with van der Waals surface area (Å²) in [5.41, 5.74) is 3.69. The Hall–Kier alpha value is -2.60. The minimum absolute atomic E-state index is 0.0438. The van der Waals surface area contributed by atoms with Crippen LogP contribution in [-0.2, 0) is 9.59 Å². The average molecular weight is 396 g/mol. The van der Waals surface area contributed by atoms with Gasteiger partial charge in [0.1, 0.15) is 5.25 Å². The molecular formula is C22H25N3O2S. The molecule has 1 atom stereocenters. The number of hydrogen-bond donors (Lipinski definition) is 1. The summed E-state index contributed by atoms with van der Waals surface area (Å²) in [4.78, 5) is 31.8. The molecule has 146 valence electrons. The number of para-hydroxylation sites is 1. The first-order valence-electron chi connectivity index (χ1n) is 9.47. The first kappa shape index (κ1) is 20.1. The summed E-state index contributed by atoms with van der Waals surface area (Å²) in [5, 5.41) is 3.17. The number of nitrogens with zero attached hydrogens (tertiary/aromatic N) is 2. The molecule has 1 aliphatic rings. The fraction of sp³-hybridized carbons (Fsp3) is 0.318. The van der Waals surface area contributed by atoms with Crippen molar-refractivity contribution in [3.8, 4) is 0 Å². The molecule has 2 aromatic carbocycles. The molecule has 2 amide bonds. The van der Waals surface area contributed by atoms with E-state index in [4.69, 9.17) is 0 Å². The van der Waals surface area contributed by atoms with Gasteiger partial charge in [-0.3, -0.25) is 14.5 Å². The number of aliphatic imine (C=N–C) groups is 1. The van der Waals surface area contributed by atoms with Gasteiger partial charge in [-0.1, -0.05) is 49.0 Å². The molecule has 0 unspecified atom stereocenters. The summed E-state index contributed by atoms with van der Waals surface area (Å²) in [6.45, 7) is 6.57. The van der Waals surface area contributed by atoms with Crippen molar-refractivity contribution in [1.29, 1.82) is 0 Å². The van der Waals surface area contributed by atoms with Crippen LogP contribution in [0.25, 0.3) is 0 Å². The van der Waals surface area contributed by atoms with E-state index >= 15 is 0 Å². The number of aryl methyl sites for hydroxylation is 2. The lowest BCUT2D eigenvalue weighted by molar-refractivity contribution is -0.128. The molecule has 1 fully saturated rings. The molecule has 3 rings (SSSR count). The third-order valence-corrected chi connectivity index (χ3v) is 5.66. The Morgan fingerprint density at radius 3 is 2.64 bits per heavy atom. The highest BCUT2D eigenvalue weighted by atomic mass is 32.2. The summed E-state index contributed by atoms with van der Waals surface area (Å²) in [6.07, 6.45) is 0.965. The van der Waals surface area contributed by atoms with Crippen molar-refractivity contribution in [2.45, 2.75) is 38.9 Å². The third kappa shape index (κ3) is 4.81. The lowest BCUT2D eigenvalue weighted by Gasteiger charge is -2.15. The fourth-order valence-corrected chi connectivity index (χ4v) is 4.19. The lowest BCUT2D eigenvalue weighted by Crippen LogP contribution is -2.34. The van der Waals surface area contributed by atoms with Gasteiger partial charge in [0.05, 0.1) is 5.69 Å². The smallest absolute Gasteiger partial charge is 0.242 e. The standard InChI is InChI=1S/C22H25N3O2S/c1-4-12-25-21(27)19(28-22(25)23-17-8-6-5-7-9-17)14-20(26)24-18-13-15(2)10-11-16(18)3/h5-11,13,19H,4,12,14H2,1-3H3,(H,24,26)/t19-/m0/s1. The number of nitrogens with one attached hydrogen (secondary N) is 1.